The van der Waals surface area contributed by atoms with Crippen molar-refractivity contribution in [1.29, 1.82) is 0 Å². The minimum Gasteiger partial charge on any atom is -0.495 e. The monoisotopic (exact) mass is 600 g/mol. The highest BCUT2D eigenvalue weighted by molar-refractivity contribution is 7.92. The summed E-state index contributed by atoms with van der Waals surface area (Å²) >= 11 is 6.18. The molecular weight excluding hydrogens is 572 g/mol. The van der Waals surface area contributed by atoms with Gasteiger partial charge in [-0.3, -0.25) is 24.0 Å². The Hall–Kier alpha value is -4.16. The lowest BCUT2D eigenvalue weighted by Crippen LogP contribution is -2.41. The van der Waals surface area contributed by atoms with Crippen molar-refractivity contribution < 1.29 is 27.7 Å². The number of methoxy groups -OCH3 is 1. The van der Waals surface area contributed by atoms with Gasteiger partial charge in [0.25, 0.3) is 15.7 Å². The third kappa shape index (κ3) is 6.77. The maximum absolute atomic E-state index is 13.9. The van der Waals surface area contributed by atoms with Crippen LogP contribution >= 0.6 is 11.6 Å². The lowest BCUT2D eigenvalue weighted by molar-refractivity contribution is -0.385. The van der Waals surface area contributed by atoms with E-state index < -0.39 is 27.4 Å². The molecule has 0 radical (unpaired) electrons. The molecule has 3 aromatic carbocycles. The smallest absolute Gasteiger partial charge is 0.273 e. The molecule has 13 heteroatoms. The second-order valence-electron chi connectivity index (χ2n) is 9.50. The van der Waals surface area contributed by atoms with Crippen molar-refractivity contribution in [1.82, 2.24) is 10.2 Å². The summed E-state index contributed by atoms with van der Waals surface area (Å²) < 4.78 is 33.9. The zero-order valence-electron chi connectivity index (χ0n) is 22.5. The number of anilines is 1. The Morgan fingerprint density at radius 3 is 2.54 bits per heavy atom. The minimum absolute atomic E-state index is 0.00803. The number of nitrogens with one attached hydrogen (secondary N) is 1. The molecular formula is C28H29ClN4O7S. The molecule has 216 valence electrons. The molecule has 1 aliphatic rings. The van der Waals surface area contributed by atoms with Gasteiger partial charge < -0.3 is 15.0 Å². The molecule has 2 amide bonds. The second-order valence-corrected chi connectivity index (χ2v) is 11.8. The Morgan fingerprint density at radius 2 is 1.88 bits per heavy atom. The summed E-state index contributed by atoms with van der Waals surface area (Å²) in [6.45, 7) is 2.01. The van der Waals surface area contributed by atoms with Crippen LogP contribution in [-0.4, -0.2) is 50.3 Å². The van der Waals surface area contributed by atoms with Crippen LogP contribution < -0.4 is 14.4 Å². The minimum atomic E-state index is -4.50. The lowest BCUT2D eigenvalue weighted by Gasteiger charge is -2.26. The summed E-state index contributed by atoms with van der Waals surface area (Å²) in [6.07, 6.45) is 1.32. The predicted molar refractivity (Wildman–Crippen MR) is 153 cm³/mol. The Kier molecular flexibility index (Phi) is 9.14. The van der Waals surface area contributed by atoms with Crippen molar-refractivity contribution in [3.8, 4) is 5.75 Å². The molecule has 0 saturated carbocycles. The summed E-state index contributed by atoms with van der Waals surface area (Å²) in [4.78, 5) is 37.6. The predicted octanol–water partition coefficient (Wildman–Crippen LogP) is 4.20. The number of aryl methyl sites for hydroxylation is 1. The third-order valence-electron chi connectivity index (χ3n) is 6.79. The number of sulfonamides is 1. The van der Waals surface area contributed by atoms with Gasteiger partial charge in [-0.1, -0.05) is 41.9 Å². The van der Waals surface area contributed by atoms with Crippen LogP contribution in [0.1, 0.15) is 29.5 Å². The molecule has 3 aromatic rings. The number of likely N-dealkylation sites (tertiary alicyclic amines) is 1. The number of benzene rings is 3. The number of carbonyl (C=O) groups is 2. The van der Waals surface area contributed by atoms with E-state index in [1.54, 1.807) is 4.90 Å². The number of amides is 2. The summed E-state index contributed by atoms with van der Waals surface area (Å²) in [5.41, 5.74) is 1.56. The fraction of sp³-hybridized carbons (Fsp3) is 0.286. The number of nitro groups is 1. The lowest BCUT2D eigenvalue weighted by atomic mass is 10.1. The molecule has 0 unspecified atom stereocenters. The van der Waals surface area contributed by atoms with Crippen molar-refractivity contribution >= 4 is 44.8 Å². The SMILES string of the molecule is COc1ccc(Cl)cc1N(CC(=O)NCc1ccccc1CN1CCCC1=O)S(=O)(=O)c1ccc(C)c([N+](=O)[O-])c1. The first-order valence-electron chi connectivity index (χ1n) is 12.7. The van der Waals surface area contributed by atoms with Crippen molar-refractivity contribution in [3.63, 3.8) is 0 Å². The maximum Gasteiger partial charge on any atom is 0.273 e. The van der Waals surface area contributed by atoms with Gasteiger partial charge in [0.2, 0.25) is 11.8 Å². The molecule has 0 atom stereocenters. The van der Waals surface area contributed by atoms with Crippen LogP contribution in [0, 0.1) is 17.0 Å². The van der Waals surface area contributed by atoms with Crippen LogP contribution in [0.3, 0.4) is 0 Å². The van der Waals surface area contributed by atoms with Gasteiger partial charge in [0.1, 0.15) is 12.3 Å². The van der Waals surface area contributed by atoms with E-state index >= 15 is 0 Å². The van der Waals surface area contributed by atoms with E-state index in [-0.39, 0.29) is 45.1 Å². The number of rotatable bonds is 11. The average Bonchev–Trinajstić information content (AvgIpc) is 3.35. The Bertz CT molecular complexity index is 1600. The summed E-state index contributed by atoms with van der Waals surface area (Å²) in [5, 5.41) is 14.5. The average molecular weight is 601 g/mol. The highest BCUT2D eigenvalue weighted by Crippen LogP contribution is 2.35. The Morgan fingerprint density at radius 1 is 1.15 bits per heavy atom. The first kappa shape index (κ1) is 29.8. The molecule has 1 N–H and O–H groups in total. The third-order valence-corrected chi connectivity index (χ3v) is 8.78. The molecule has 4 rings (SSSR count). The van der Waals surface area contributed by atoms with E-state index in [0.29, 0.717) is 19.5 Å². The molecule has 0 aromatic heterocycles. The van der Waals surface area contributed by atoms with Crippen molar-refractivity contribution in [2.75, 3.05) is 24.5 Å². The van der Waals surface area contributed by atoms with Crippen LogP contribution in [0.4, 0.5) is 11.4 Å². The van der Waals surface area contributed by atoms with E-state index in [2.05, 4.69) is 5.32 Å². The van der Waals surface area contributed by atoms with Gasteiger partial charge in [0.05, 0.1) is 22.6 Å². The Labute approximate surface area is 242 Å². The maximum atomic E-state index is 13.9. The molecule has 41 heavy (non-hydrogen) atoms. The standard InChI is InChI=1S/C28H29ClN4O7S/c1-19-9-11-23(15-24(19)33(36)37)41(38,39)32(25-14-22(29)10-12-26(25)40-2)18-27(34)30-16-20-6-3-4-7-21(20)17-31-13-5-8-28(31)35/h3-4,6-7,9-12,14-15H,5,8,13,16-18H2,1-2H3,(H,30,34). The van der Waals surface area contributed by atoms with E-state index in [0.717, 1.165) is 27.9 Å². The molecule has 1 heterocycles. The largest absolute Gasteiger partial charge is 0.495 e. The van der Waals surface area contributed by atoms with E-state index in [1.807, 2.05) is 24.3 Å². The van der Waals surface area contributed by atoms with Crippen molar-refractivity contribution in [2.45, 2.75) is 37.8 Å². The fourth-order valence-corrected chi connectivity index (χ4v) is 6.18. The van der Waals surface area contributed by atoms with E-state index in [4.69, 9.17) is 16.3 Å². The van der Waals surface area contributed by atoms with Gasteiger partial charge in [0, 0.05) is 42.7 Å². The molecule has 1 aliphatic heterocycles. The number of ether oxygens (including phenoxy) is 1. The van der Waals surface area contributed by atoms with Crippen LogP contribution in [0.5, 0.6) is 5.75 Å². The zero-order valence-corrected chi connectivity index (χ0v) is 24.1. The quantitative estimate of drug-likeness (QED) is 0.257. The molecule has 0 aliphatic carbocycles. The first-order valence-corrected chi connectivity index (χ1v) is 14.6. The normalized spacial score (nSPS) is 13.2. The van der Waals surface area contributed by atoms with Crippen molar-refractivity contribution in [3.05, 3.63) is 92.5 Å². The van der Waals surface area contributed by atoms with Gasteiger partial charge in [-0.05, 0) is 48.7 Å². The fourth-order valence-electron chi connectivity index (χ4n) is 4.57. The number of nitrogens with zero attached hydrogens (tertiary/aromatic N) is 3. The second kappa shape index (κ2) is 12.6. The van der Waals surface area contributed by atoms with Gasteiger partial charge in [-0.15, -0.1) is 0 Å². The first-order chi connectivity index (χ1) is 19.5. The molecule has 0 bridgehead atoms. The zero-order chi connectivity index (χ0) is 29.7. The van der Waals surface area contributed by atoms with Crippen LogP contribution in [-0.2, 0) is 32.7 Å². The number of hydrogen-bond acceptors (Lipinski definition) is 7. The highest BCUT2D eigenvalue weighted by atomic mass is 35.5. The van der Waals surface area contributed by atoms with Crippen LogP contribution in [0.2, 0.25) is 5.02 Å². The van der Waals surface area contributed by atoms with Crippen LogP contribution in [0.25, 0.3) is 0 Å². The summed E-state index contributed by atoms with van der Waals surface area (Å²) in [6, 6.07) is 15.2. The molecule has 1 saturated heterocycles. The number of nitro benzene ring substituents is 1. The van der Waals surface area contributed by atoms with Gasteiger partial charge in [-0.2, -0.15) is 0 Å². The molecule has 0 spiro atoms. The van der Waals surface area contributed by atoms with E-state index in [9.17, 15) is 28.1 Å². The number of halogens is 1. The van der Waals surface area contributed by atoms with E-state index in [1.165, 1.54) is 44.4 Å². The van der Waals surface area contributed by atoms with Crippen LogP contribution in [0.15, 0.2) is 65.6 Å². The Balaban J connectivity index is 1.63. The topological polar surface area (TPSA) is 139 Å². The molecule has 1 fully saturated rings. The highest BCUT2D eigenvalue weighted by Gasteiger charge is 2.31. The van der Waals surface area contributed by atoms with Gasteiger partial charge >= 0.3 is 0 Å². The number of carbonyl (C=O) groups excluding carboxylic acids is 2. The van der Waals surface area contributed by atoms with Crippen molar-refractivity contribution in [2.24, 2.45) is 0 Å². The summed E-state index contributed by atoms with van der Waals surface area (Å²) in [5.74, 6) is -0.422. The summed E-state index contributed by atoms with van der Waals surface area (Å²) in [7, 11) is -3.16. The van der Waals surface area contributed by atoms with Gasteiger partial charge in [0.15, 0.2) is 0 Å². The van der Waals surface area contributed by atoms with Gasteiger partial charge in [-0.25, -0.2) is 8.42 Å². The number of hydrogen-bond donors (Lipinski definition) is 1. The molecule has 11 nitrogen and oxygen atoms in total.